The zero-order chi connectivity index (χ0) is 12.6. The first-order valence-corrected chi connectivity index (χ1v) is 6.22. The lowest BCUT2D eigenvalue weighted by Crippen LogP contribution is -2.12. The molecule has 0 saturated carbocycles. The summed E-state index contributed by atoms with van der Waals surface area (Å²) in [5, 5.41) is 1.56. The van der Waals surface area contributed by atoms with E-state index in [4.69, 9.17) is 16.3 Å². The van der Waals surface area contributed by atoms with Gasteiger partial charge in [0.1, 0.15) is 4.88 Å². The van der Waals surface area contributed by atoms with Gasteiger partial charge in [-0.2, -0.15) is 0 Å². The van der Waals surface area contributed by atoms with Gasteiger partial charge in [0.2, 0.25) is 0 Å². The van der Waals surface area contributed by atoms with Crippen LogP contribution in [0, 0.1) is 0 Å². The number of fused-ring (bicyclic) bond motifs is 1. The minimum Gasteiger partial charge on any atom is -0.465 e. The first-order valence-electron chi connectivity index (χ1n) is 5.03. The van der Waals surface area contributed by atoms with E-state index in [0.29, 0.717) is 9.90 Å². The van der Waals surface area contributed by atoms with Crippen LogP contribution in [0.3, 0.4) is 0 Å². The number of halogens is 1. The Bertz CT molecular complexity index is 577. The number of nitrogens with zero attached hydrogens (tertiary/aromatic N) is 1. The number of rotatable bonds is 2. The molecule has 1 aromatic carbocycles. The second-order valence-corrected chi connectivity index (χ2v) is 5.24. The molecule has 90 valence electrons. The van der Waals surface area contributed by atoms with E-state index in [0.717, 1.165) is 15.8 Å². The first kappa shape index (κ1) is 12.2. The Morgan fingerprint density at radius 2 is 2.12 bits per heavy atom. The number of benzene rings is 1. The Hall–Kier alpha value is -1.26. The zero-order valence-electron chi connectivity index (χ0n) is 9.78. The maximum atomic E-state index is 11.7. The van der Waals surface area contributed by atoms with E-state index < -0.39 is 0 Å². The van der Waals surface area contributed by atoms with E-state index in [-0.39, 0.29) is 5.97 Å². The van der Waals surface area contributed by atoms with Gasteiger partial charge in [-0.25, -0.2) is 4.79 Å². The highest BCUT2D eigenvalue weighted by Crippen LogP contribution is 2.41. The summed E-state index contributed by atoms with van der Waals surface area (Å²) >= 11 is 7.59. The van der Waals surface area contributed by atoms with E-state index in [1.807, 2.05) is 37.2 Å². The number of hydrogen-bond acceptors (Lipinski definition) is 4. The average molecular weight is 270 g/mol. The minimum atomic E-state index is -0.328. The molecule has 0 aliphatic heterocycles. The monoisotopic (exact) mass is 269 g/mol. The fraction of sp³-hybridized carbons (Fsp3) is 0.250. The van der Waals surface area contributed by atoms with Crippen molar-refractivity contribution in [2.75, 3.05) is 26.1 Å². The molecule has 0 atom stereocenters. The highest BCUT2D eigenvalue weighted by Gasteiger charge is 2.21. The topological polar surface area (TPSA) is 29.5 Å². The molecule has 1 heterocycles. The Kier molecular flexibility index (Phi) is 3.26. The van der Waals surface area contributed by atoms with Gasteiger partial charge >= 0.3 is 5.97 Å². The summed E-state index contributed by atoms with van der Waals surface area (Å²) in [4.78, 5) is 14.2. The molecule has 2 rings (SSSR count). The van der Waals surface area contributed by atoms with Crippen LogP contribution in [0.2, 0.25) is 5.02 Å². The number of thiophene rings is 1. The van der Waals surface area contributed by atoms with Crippen molar-refractivity contribution in [3.63, 3.8) is 0 Å². The summed E-state index contributed by atoms with van der Waals surface area (Å²) in [6.07, 6.45) is 0. The van der Waals surface area contributed by atoms with Gasteiger partial charge in [0.25, 0.3) is 0 Å². The summed E-state index contributed by atoms with van der Waals surface area (Å²) < 4.78 is 5.79. The van der Waals surface area contributed by atoms with Crippen molar-refractivity contribution >= 4 is 44.7 Å². The molecule has 5 heteroatoms. The lowest BCUT2D eigenvalue weighted by atomic mass is 10.2. The first-order chi connectivity index (χ1) is 8.06. The van der Waals surface area contributed by atoms with Crippen molar-refractivity contribution in [1.82, 2.24) is 0 Å². The third-order valence-electron chi connectivity index (χ3n) is 2.46. The van der Waals surface area contributed by atoms with Gasteiger partial charge in [0.05, 0.1) is 17.8 Å². The summed E-state index contributed by atoms with van der Waals surface area (Å²) in [5.41, 5.74) is 0.822. The van der Waals surface area contributed by atoms with Gasteiger partial charge in [-0.3, -0.25) is 0 Å². The van der Waals surface area contributed by atoms with Crippen LogP contribution in [-0.4, -0.2) is 27.2 Å². The Morgan fingerprint density at radius 1 is 1.41 bits per heavy atom. The van der Waals surface area contributed by atoms with Gasteiger partial charge in [0, 0.05) is 24.2 Å². The third-order valence-corrected chi connectivity index (χ3v) is 3.90. The molecule has 1 aromatic heterocycles. The van der Waals surface area contributed by atoms with Crippen LogP contribution >= 0.6 is 22.9 Å². The predicted octanol–water partition coefficient (Wildman–Crippen LogP) is 3.41. The molecular formula is C12H12ClNO2S. The van der Waals surface area contributed by atoms with Crippen LogP contribution in [0.1, 0.15) is 9.67 Å². The molecule has 0 unspecified atom stereocenters. The smallest absolute Gasteiger partial charge is 0.350 e. The summed E-state index contributed by atoms with van der Waals surface area (Å²) in [6, 6.07) is 5.65. The van der Waals surface area contributed by atoms with Gasteiger partial charge in [-0.15, -0.1) is 11.3 Å². The molecule has 0 fully saturated rings. The molecule has 17 heavy (non-hydrogen) atoms. The number of esters is 1. The number of anilines is 1. The summed E-state index contributed by atoms with van der Waals surface area (Å²) in [6.45, 7) is 0. The van der Waals surface area contributed by atoms with E-state index in [2.05, 4.69) is 0 Å². The fourth-order valence-electron chi connectivity index (χ4n) is 1.75. The Balaban J connectivity index is 2.81. The van der Waals surface area contributed by atoms with Crippen molar-refractivity contribution < 1.29 is 9.53 Å². The lowest BCUT2D eigenvalue weighted by Gasteiger charge is -2.13. The van der Waals surface area contributed by atoms with Crippen LogP contribution in [0.15, 0.2) is 18.2 Å². The van der Waals surface area contributed by atoms with Crippen LogP contribution in [-0.2, 0) is 4.74 Å². The van der Waals surface area contributed by atoms with Crippen LogP contribution in [0.5, 0.6) is 0 Å². The normalized spacial score (nSPS) is 10.6. The SMILES string of the molecule is COC(=O)c1sc2cccc(Cl)c2c1N(C)C. The molecule has 3 nitrogen and oxygen atoms in total. The quantitative estimate of drug-likeness (QED) is 0.783. The molecule has 0 bridgehead atoms. The van der Waals surface area contributed by atoms with Gasteiger partial charge in [-0.1, -0.05) is 17.7 Å². The second kappa shape index (κ2) is 4.55. The number of hydrogen-bond donors (Lipinski definition) is 0. The number of carbonyl (C=O) groups excluding carboxylic acids is 1. The molecular weight excluding hydrogens is 258 g/mol. The lowest BCUT2D eigenvalue weighted by molar-refractivity contribution is 0.0607. The summed E-state index contributed by atoms with van der Waals surface area (Å²) in [5.74, 6) is -0.328. The molecule has 0 radical (unpaired) electrons. The fourth-order valence-corrected chi connectivity index (χ4v) is 3.29. The summed E-state index contributed by atoms with van der Waals surface area (Å²) in [7, 11) is 5.16. The van der Waals surface area contributed by atoms with Crippen molar-refractivity contribution in [2.45, 2.75) is 0 Å². The molecule has 2 aromatic rings. The van der Waals surface area contributed by atoms with E-state index in [1.54, 1.807) is 0 Å². The van der Waals surface area contributed by atoms with Crippen LogP contribution < -0.4 is 4.90 Å². The van der Waals surface area contributed by atoms with Crippen molar-refractivity contribution in [3.05, 3.63) is 28.1 Å². The standard InChI is InChI=1S/C12H12ClNO2S/c1-14(2)10-9-7(13)5-4-6-8(9)17-11(10)12(15)16-3/h4-6H,1-3H3. The number of methoxy groups -OCH3 is 1. The molecule has 0 N–H and O–H groups in total. The van der Waals surface area contributed by atoms with Crippen molar-refractivity contribution in [2.24, 2.45) is 0 Å². The average Bonchev–Trinajstić information content (AvgIpc) is 2.68. The minimum absolute atomic E-state index is 0.328. The molecule has 0 aliphatic rings. The number of carbonyl (C=O) groups is 1. The zero-order valence-corrected chi connectivity index (χ0v) is 11.4. The second-order valence-electron chi connectivity index (χ2n) is 3.78. The van der Waals surface area contributed by atoms with E-state index >= 15 is 0 Å². The maximum absolute atomic E-state index is 11.7. The molecule has 0 amide bonds. The molecule has 0 saturated heterocycles. The van der Waals surface area contributed by atoms with E-state index in [9.17, 15) is 4.79 Å². The highest BCUT2D eigenvalue weighted by atomic mass is 35.5. The largest absolute Gasteiger partial charge is 0.465 e. The third kappa shape index (κ3) is 1.98. The predicted molar refractivity (Wildman–Crippen MR) is 72.5 cm³/mol. The maximum Gasteiger partial charge on any atom is 0.350 e. The van der Waals surface area contributed by atoms with Crippen molar-refractivity contribution in [1.29, 1.82) is 0 Å². The Morgan fingerprint density at radius 3 is 2.71 bits per heavy atom. The van der Waals surface area contributed by atoms with Gasteiger partial charge < -0.3 is 9.64 Å². The van der Waals surface area contributed by atoms with Crippen molar-refractivity contribution in [3.8, 4) is 0 Å². The van der Waals surface area contributed by atoms with E-state index in [1.165, 1.54) is 18.4 Å². The molecule has 0 aliphatic carbocycles. The number of ether oxygens (including phenoxy) is 1. The molecule has 0 spiro atoms. The Labute approximate surface area is 109 Å². The van der Waals surface area contributed by atoms with Crippen LogP contribution in [0.25, 0.3) is 10.1 Å². The van der Waals surface area contributed by atoms with Gasteiger partial charge in [0.15, 0.2) is 0 Å². The van der Waals surface area contributed by atoms with Crippen LogP contribution in [0.4, 0.5) is 5.69 Å². The van der Waals surface area contributed by atoms with Gasteiger partial charge in [-0.05, 0) is 12.1 Å². The highest BCUT2D eigenvalue weighted by molar-refractivity contribution is 7.21.